The molecule has 0 radical (unpaired) electrons. The SMILES string of the molecule is CO/N=C/c1ccc(C(=O)N(C)CCOc2ccccc2F)cc1. The molecule has 0 unspecified atom stereocenters. The topological polar surface area (TPSA) is 51.1 Å². The lowest BCUT2D eigenvalue weighted by Crippen LogP contribution is -2.30. The minimum absolute atomic E-state index is 0.137. The van der Waals surface area contributed by atoms with Gasteiger partial charge >= 0.3 is 0 Å². The van der Waals surface area contributed by atoms with Crippen LogP contribution in [0, 0.1) is 5.82 Å². The summed E-state index contributed by atoms with van der Waals surface area (Å²) in [5, 5.41) is 3.66. The number of halogens is 1. The number of amides is 1. The molecule has 0 aliphatic carbocycles. The van der Waals surface area contributed by atoms with Gasteiger partial charge in [-0.1, -0.05) is 29.4 Å². The van der Waals surface area contributed by atoms with Crippen LogP contribution in [-0.2, 0) is 4.84 Å². The first-order valence-electron chi connectivity index (χ1n) is 7.41. The number of hydrogen-bond acceptors (Lipinski definition) is 4. The van der Waals surface area contributed by atoms with Crippen molar-refractivity contribution in [3.63, 3.8) is 0 Å². The van der Waals surface area contributed by atoms with Crippen molar-refractivity contribution in [1.29, 1.82) is 0 Å². The molecule has 5 nitrogen and oxygen atoms in total. The van der Waals surface area contributed by atoms with E-state index in [1.807, 2.05) is 0 Å². The van der Waals surface area contributed by atoms with Crippen LogP contribution in [0.4, 0.5) is 4.39 Å². The molecule has 0 spiro atoms. The maximum Gasteiger partial charge on any atom is 0.253 e. The summed E-state index contributed by atoms with van der Waals surface area (Å²) < 4.78 is 18.8. The van der Waals surface area contributed by atoms with Gasteiger partial charge in [0.15, 0.2) is 11.6 Å². The summed E-state index contributed by atoms with van der Waals surface area (Å²) in [6, 6.07) is 13.2. The molecule has 0 atom stereocenters. The average Bonchev–Trinajstić information content (AvgIpc) is 2.61. The van der Waals surface area contributed by atoms with Crippen LogP contribution in [0.2, 0.25) is 0 Å². The first-order valence-corrected chi connectivity index (χ1v) is 7.41. The third-order valence-electron chi connectivity index (χ3n) is 3.33. The fourth-order valence-electron chi connectivity index (χ4n) is 2.00. The molecule has 0 N–H and O–H groups in total. The number of para-hydroxylation sites is 1. The zero-order chi connectivity index (χ0) is 17.4. The van der Waals surface area contributed by atoms with Gasteiger partial charge in [-0.05, 0) is 29.8 Å². The zero-order valence-corrected chi connectivity index (χ0v) is 13.6. The van der Waals surface area contributed by atoms with Gasteiger partial charge in [0.25, 0.3) is 5.91 Å². The van der Waals surface area contributed by atoms with Gasteiger partial charge in [0, 0.05) is 12.6 Å². The summed E-state index contributed by atoms with van der Waals surface area (Å²) >= 11 is 0. The van der Waals surface area contributed by atoms with Crippen molar-refractivity contribution >= 4 is 12.1 Å². The second-order valence-corrected chi connectivity index (χ2v) is 5.04. The molecule has 2 aromatic rings. The molecule has 0 heterocycles. The second-order valence-electron chi connectivity index (χ2n) is 5.04. The Labute approximate surface area is 140 Å². The quantitative estimate of drug-likeness (QED) is 0.579. The first-order chi connectivity index (χ1) is 11.6. The highest BCUT2D eigenvalue weighted by molar-refractivity contribution is 5.94. The minimum Gasteiger partial charge on any atom is -0.489 e. The summed E-state index contributed by atoms with van der Waals surface area (Å²) in [4.78, 5) is 18.4. The number of carbonyl (C=O) groups is 1. The number of nitrogens with zero attached hydrogens (tertiary/aromatic N) is 2. The molecule has 2 aromatic carbocycles. The van der Waals surface area contributed by atoms with Crippen molar-refractivity contribution in [1.82, 2.24) is 4.90 Å². The Balaban J connectivity index is 1.87. The van der Waals surface area contributed by atoms with Crippen LogP contribution in [0.25, 0.3) is 0 Å². The first kappa shape index (κ1) is 17.5. The maximum absolute atomic E-state index is 13.4. The van der Waals surface area contributed by atoms with Gasteiger partial charge in [0.05, 0.1) is 12.8 Å². The van der Waals surface area contributed by atoms with E-state index in [9.17, 15) is 9.18 Å². The summed E-state index contributed by atoms with van der Waals surface area (Å²) in [6.07, 6.45) is 1.56. The fourth-order valence-corrected chi connectivity index (χ4v) is 2.00. The van der Waals surface area contributed by atoms with Gasteiger partial charge in [0.1, 0.15) is 13.7 Å². The molecule has 2 rings (SSSR count). The van der Waals surface area contributed by atoms with Gasteiger partial charge in [0.2, 0.25) is 0 Å². The Morgan fingerprint density at radius 3 is 2.58 bits per heavy atom. The monoisotopic (exact) mass is 330 g/mol. The van der Waals surface area contributed by atoms with Crippen molar-refractivity contribution in [2.45, 2.75) is 0 Å². The number of rotatable bonds is 7. The molecular weight excluding hydrogens is 311 g/mol. The Morgan fingerprint density at radius 1 is 1.21 bits per heavy atom. The van der Waals surface area contributed by atoms with Crippen LogP contribution >= 0.6 is 0 Å². The molecular formula is C18H19FN2O3. The van der Waals surface area contributed by atoms with E-state index in [1.165, 1.54) is 18.1 Å². The van der Waals surface area contributed by atoms with E-state index >= 15 is 0 Å². The molecule has 0 fully saturated rings. The van der Waals surface area contributed by atoms with E-state index in [0.717, 1.165) is 5.56 Å². The molecule has 0 aliphatic heterocycles. The molecule has 0 saturated carbocycles. The Bertz CT molecular complexity index is 702. The van der Waals surface area contributed by atoms with E-state index in [0.29, 0.717) is 12.1 Å². The van der Waals surface area contributed by atoms with Crippen LogP contribution in [-0.4, -0.2) is 44.3 Å². The standard InChI is InChI=1S/C18H19FN2O3/c1-21(11-12-24-17-6-4-3-5-16(17)19)18(22)15-9-7-14(8-10-15)13-20-23-2/h3-10,13H,11-12H2,1-2H3/b20-13+. The summed E-state index contributed by atoms with van der Waals surface area (Å²) in [5.74, 6) is -0.373. The molecule has 0 aliphatic rings. The van der Waals surface area contributed by atoms with Crippen LogP contribution in [0.5, 0.6) is 5.75 Å². The average molecular weight is 330 g/mol. The van der Waals surface area contributed by atoms with Gasteiger partial charge in [-0.15, -0.1) is 0 Å². The molecule has 0 aromatic heterocycles. The number of likely N-dealkylation sites (N-methyl/N-ethyl adjacent to an activating group) is 1. The predicted molar refractivity (Wildman–Crippen MR) is 89.9 cm³/mol. The Hall–Kier alpha value is -2.89. The fraction of sp³-hybridized carbons (Fsp3) is 0.222. The Kier molecular flexibility index (Phi) is 6.31. The molecule has 1 amide bonds. The smallest absolute Gasteiger partial charge is 0.253 e. The van der Waals surface area contributed by atoms with Crippen molar-refractivity contribution in [2.75, 3.05) is 27.3 Å². The highest BCUT2D eigenvalue weighted by atomic mass is 19.1. The van der Waals surface area contributed by atoms with E-state index < -0.39 is 5.82 Å². The van der Waals surface area contributed by atoms with E-state index in [-0.39, 0.29) is 18.3 Å². The summed E-state index contributed by atoms with van der Waals surface area (Å²) in [5.41, 5.74) is 1.39. The third-order valence-corrected chi connectivity index (χ3v) is 3.33. The lowest BCUT2D eigenvalue weighted by molar-refractivity contribution is 0.0773. The van der Waals surface area contributed by atoms with Gasteiger partial charge in [-0.3, -0.25) is 4.79 Å². The number of benzene rings is 2. The lowest BCUT2D eigenvalue weighted by Gasteiger charge is -2.17. The largest absolute Gasteiger partial charge is 0.489 e. The van der Waals surface area contributed by atoms with Crippen LogP contribution in [0.15, 0.2) is 53.7 Å². The third kappa shape index (κ3) is 4.81. The second kappa shape index (κ2) is 8.67. The van der Waals surface area contributed by atoms with E-state index in [1.54, 1.807) is 55.7 Å². The minimum atomic E-state index is -0.417. The Morgan fingerprint density at radius 2 is 1.92 bits per heavy atom. The van der Waals surface area contributed by atoms with Gasteiger partial charge in [-0.25, -0.2) is 4.39 Å². The molecule has 6 heteroatoms. The normalized spacial score (nSPS) is 10.6. The van der Waals surface area contributed by atoms with Crippen LogP contribution in [0.3, 0.4) is 0 Å². The zero-order valence-electron chi connectivity index (χ0n) is 13.6. The van der Waals surface area contributed by atoms with Crippen LogP contribution in [0.1, 0.15) is 15.9 Å². The molecule has 0 saturated heterocycles. The predicted octanol–water partition coefficient (Wildman–Crippen LogP) is 2.96. The molecule has 24 heavy (non-hydrogen) atoms. The van der Waals surface area contributed by atoms with Crippen molar-refractivity contribution in [3.8, 4) is 5.75 Å². The highest BCUT2D eigenvalue weighted by Crippen LogP contribution is 2.15. The maximum atomic E-state index is 13.4. The van der Waals surface area contributed by atoms with Gasteiger partial charge in [-0.2, -0.15) is 0 Å². The van der Waals surface area contributed by atoms with Crippen molar-refractivity contribution < 1.29 is 18.8 Å². The molecule has 126 valence electrons. The molecule has 0 bridgehead atoms. The number of ether oxygens (including phenoxy) is 1. The highest BCUT2D eigenvalue weighted by Gasteiger charge is 2.11. The van der Waals surface area contributed by atoms with E-state index in [4.69, 9.17) is 4.74 Å². The number of carbonyl (C=O) groups excluding carboxylic acids is 1. The summed E-state index contributed by atoms with van der Waals surface area (Å²) in [7, 11) is 3.14. The summed E-state index contributed by atoms with van der Waals surface area (Å²) in [6.45, 7) is 0.557. The lowest BCUT2D eigenvalue weighted by atomic mass is 10.1. The van der Waals surface area contributed by atoms with Crippen molar-refractivity contribution in [2.24, 2.45) is 5.16 Å². The van der Waals surface area contributed by atoms with Gasteiger partial charge < -0.3 is 14.5 Å². The van der Waals surface area contributed by atoms with Crippen molar-refractivity contribution in [3.05, 3.63) is 65.5 Å². The number of hydrogen-bond donors (Lipinski definition) is 0. The van der Waals surface area contributed by atoms with E-state index in [2.05, 4.69) is 9.99 Å². The van der Waals surface area contributed by atoms with Crippen LogP contribution < -0.4 is 4.74 Å². The number of oxime groups is 1.